The van der Waals surface area contributed by atoms with Gasteiger partial charge in [0.2, 0.25) is 0 Å². The van der Waals surface area contributed by atoms with E-state index in [1.165, 1.54) is 19.4 Å². The van der Waals surface area contributed by atoms with Gasteiger partial charge < -0.3 is 0 Å². The largest absolute Gasteiger partial charge is 0.297 e. The highest BCUT2D eigenvalue weighted by molar-refractivity contribution is 4.95. The zero-order valence-corrected chi connectivity index (χ0v) is 10.8. The lowest BCUT2D eigenvalue weighted by atomic mass is 9.78. The van der Waals surface area contributed by atoms with Gasteiger partial charge in [-0.2, -0.15) is 0 Å². The van der Waals surface area contributed by atoms with Crippen LogP contribution in [-0.2, 0) is 0 Å². The summed E-state index contributed by atoms with van der Waals surface area (Å²) in [5.41, 5.74) is 0.497. The highest BCUT2D eigenvalue weighted by atomic mass is 15.3. The third-order valence-corrected chi connectivity index (χ3v) is 4.11. The number of rotatable bonds is 4. The summed E-state index contributed by atoms with van der Waals surface area (Å²) in [6.45, 7) is 15.5. The first-order valence-corrected chi connectivity index (χ1v) is 6.15. The number of hydrogen-bond donors (Lipinski definition) is 0. The SMILES string of the molecule is CCCC(C)(C)CN1C(C)C(C)C1C. The van der Waals surface area contributed by atoms with E-state index in [-0.39, 0.29) is 0 Å². The highest BCUT2D eigenvalue weighted by Gasteiger charge is 2.41. The molecule has 1 nitrogen and oxygen atoms in total. The number of hydrogen-bond acceptors (Lipinski definition) is 1. The fraction of sp³-hybridized carbons (Fsp3) is 1.00. The lowest BCUT2D eigenvalue weighted by Gasteiger charge is -2.54. The summed E-state index contributed by atoms with van der Waals surface area (Å²) in [7, 11) is 0. The Kier molecular flexibility index (Phi) is 3.63. The molecule has 0 saturated carbocycles. The van der Waals surface area contributed by atoms with Gasteiger partial charge in [0, 0.05) is 18.6 Å². The molecule has 0 aliphatic carbocycles. The minimum atomic E-state index is 0.497. The highest BCUT2D eigenvalue weighted by Crippen LogP contribution is 2.36. The molecule has 0 radical (unpaired) electrons. The van der Waals surface area contributed by atoms with Gasteiger partial charge in [-0.05, 0) is 31.6 Å². The van der Waals surface area contributed by atoms with Gasteiger partial charge in [-0.25, -0.2) is 0 Å². The molecule has 0 bridgehead atoms. The molecule has 14 heavy (non-hydrogen) atoms. The van der Waals surface area contributed by atoms with E-state index in [0.717, 1.165) is 18.0 Å². The number of likely N-dealkylation sites (tertiary alicyclic amines) is 1. The normalized spacial score (nSPS) is 34.3. The van der Waals surface area contributed by atoms with Crippen LogP contribution in [-0.4, -0.2) is 23.5 Å². The van der Waals surface area contributed by atoms with Gasteiger partial charge in [0.05, 0.1) is 0 Å². The van der Waals surface area contributed by atoms with E-state index in [2.05, 4.69) is 46.4 Å². The van der Waals surface area contributed by atoms with Crippen molar-refractivity contribution in [1.82, 2.24) is 4.90 Å². The first-order chi connectivity index (χ1) is 6.39. The van der Waals surface area contributed by atoms with Gasteiger partial charge in [0.25, 0.3) is 0 Å². The second-order valence-electron chi connectivity index (χ2n) is 5.93. The zero-order valence-electron chi connectivity index (χ0n) is 10.8. The first-order valence-electron chi connectivity index (χ1n) is 6.15. The van der Waals surface area contributed by atoms with Crippen molar-refractivity contribution in [2.45, 2.75) is 66.5 Å². The Morgan fingerprint density at radius 1 is 1.07 bits per heavy atom. The van der Waals surface area contributed by atoms with Crippen molar-refractivity contribution in [1.29, 1.82) is 0 Å². The molecule has 0 aromatic rings. The van der Waals surface area contributed by atoms with Gasteiger partial charge in [0.1, 0.15) is 0 Å². The summed E-state index contributed by atoms with van der Waals surface area (Å²) >= 11 is 0. The minimum absolute atomic E-state index is 0.497. The summed E-state index contributed by atoms with van der Waals surface area (Å²) in [6.07, 6.45) is 2.65. The minimum Gasteiger partial charge on any atom is -0.297 e. The summed E-state index contributed by atoms with van der Waals surface area (Å²) in [4.78, 5) is 2.67. The molecule has 1 aliphatic heterocycles. The molecule has 2 atom stereocenters. The Labute approximate surface area is 89.9 Å². The van der Waals surface area contributed by atoms with Crippen molar-refractivity contribution < 1.29 is 0 Å². The number of nitrogens with zero attached hydrogens (tertiary/aromatic N) is 1. The first kappa shape index (κ1) is 12.0. The Bertz CT molecular complexity index is 176. The van der Waals surface area contributed by atoms with E-state index in [1.54, 1.807) is 0 Å². The second-order valence-corrected chi connectivity index (χ2v) is 5.93. The fourth-order valence-corrected chi connectivity index (χ4v) is 2.81. The van der Waals surface area contributed by atoms with Crippen LogP contribution in [0.4, 0.5) is 0 Å². The van der Waals surface area contributed by atoms with Gasteiger partial charge in [-0.15, -0.1) is 0 Å². The van der Waals surface area contributed by atoms with Crippen LogP contribution in [0.25, 0.3) is 0 Å². The maximum Gasteiger partial charge on any atom is 0.0110 e. The average Bonchev–Trinajstić information content (AvgIpc) is 2.12. The molecule has 0 amide bonds. The van der Waals surface area contributed by atoms with E-state index < -0.39 is 0 Å². The standard InChI is InChI=1S/C13H27N/c1-7-8-13(5,6)9-14-11(3)10(2)12(14)4/h10-12H,7-9H2,1-6H3. The molecule has 0 aromatic carbocycles. The van der Waals surface area contributed by atoms with Crippen LogP contribution in [0.5, 0.6) is 0 Å². The Balaban J connectivity index is 2.45. The van der Waals surface area contributed by atoms with E-state index in [0.29, 0.717) is 5.41 Å². The zero-order chi connectivity index (χ0) is 10.9. The average molecular weight is 197 g/mol. The van der Waals surface area contributed by atoms with Crippen molar-refractivity contribution in [3.63, 3.8) is 0 Å². The van der Waals surface area contributed by atoms with Crippen LogP contribution >= 0.6 is 0 Å². The Morgan fingerprint density at radius 2 is 1.57 bits per heavy atom. The summed E-state index contributed by atoms with van der Waals surface area (Å²) in [5, 5.41) is 0. The van der Waals surface area contributed by atoms with Crippen LogP contribution in [0, 0.1) is 11.3 Å². The van der Waals surface area contributed by atoms with E-state index in [9.17, 15) is 0 Å². The summed E-state index contributed by atoms with van der Waals surface area (Å²) in [6, 6.07) is 1.59. The molecular weight excluding hydrogens is 170 g/mol. The van der Waals surface area contributed by atoms with Gasteiger partial charge in [0.15, 0.2) is 0 Å². The fourth-order valence-electron chi connectivity index (χ4n) is 2.81. The molecule has 1 heteroatoms. The van der Waals surface area contributed by atoms with Crippen molar-refractivity contribution >= 4 is 0 Å². The molecule has 1 aliphatic rings. The van der Waals surface area contributed by atoms with Crippen LogP contribution in [0.15, 0.2) is 0 Å². The lowest BCUT2D eigenvalue weighted by molar-refractivity contribution is -0.0520. The van der Waals surface area contributed by atoms with E-state index in [1.807, 2.05) is 0 Å². The van der Waals surface area contributed by atoms with Crippen LogP contribution < -0.4 is 0 Å². The molecule has 2 unspecified atom stereocenters. The summed E-state index contributed by atoms with van der Waals surface area (Å²) < 4.78 is 0. The van der Waals surface area contributed by atoms with Crippen LogP contribution in [0.1, 0.15) is 54.4 Å². The third kappa shape index (κ3) is 2.31. The smallest absolute Gasteiger partial charge is 0.0110 e. The van der Waals surface area contributed by atoms with Gasteiger partial charge >= 0.3 is 0 Å². The monoisotopic (exact) mass is 197 g/mol. The van der Waals surface area contributed by atoms with Gasteiger partial charge in [-0.3, -0.25) is 4.90 Å². The third-order valence-electron chi connectivity index (χ3n) is 4.11. The molecule has 0 spiro atoms. The molecule has 1 saturated heterocycles. The van der Waals surface area contributed by atoms with Crippen LogP contribution in [0.2, 0.25) is 0 Å². The molecule has 84 valence electrons. The molecule has 0 N–H and O–H groups in total. The van der Waals surface area contributed by atoms with Crippen molar-refractivity contribution in [3.05, 3.63) is 0 Å². The molecule has 1 heterocycles. The molecule has 1 fully saturated rings. The Morgan fingerprint density at radius 3 is 2.00 bits per heavy atom. The van der Waals surface area contributed by atoms with E-state index in [4.69, 9.17) is 0 Å². The van der Waals surface area contributed by atoms with Crippen molar-refractivity contribution in [3.8, 4) is 0 Å². The van der Waals surface area contributed by atoms with E-state index >= 15 is 0 Å². The van der Waals surface area contributed by atoms with Crippen LogP contribution in [0.3, 0.4) is 0 Å². The second kappa shape index (κ2) is 4.22. The molecule has 1 rings (SSSR count). The van der Waals surface area contributed by atoms with Gasteiger partial charge in [-0.1, -0.05) is 34.1 Å². The molecular formula is C13H27N. The maximum absolute atomic E-state index is 2.67. The summed E-state index contributed by atoms with van der Waals surface area (Å²) in [5.74, 6) is 0.882. The van der Waals surface area contributed by atoms with Crippen molar-refractivity contribution in [2.24, 2.45) is 11.3 Å². The Hall–Kier alpha value is -0.0400. The molecule has 0 aromatic heterocycles. The quantitative estimate of drug-likeness (QED) is 0.666. The van der Waals surface area contributed by atoms with Crippen molar-refractivity contribution in [2.75, 3.05) is 6.54 Å². The topological polar surface area (TPSA) is 3.24 Å². The maximum atomic E-state index is 2.67. The predicted molar refractivity (Wildman–Crippen MR) is 63.5 cm³/mol. The predicted octanol–water partition coefficient (Wildman–Crippen LogP) is 3.54. The lowest BCUT2D eigenvalue weighted by Crippen LogP contribution is -2.62.